The second-order valence-corrected chi connectivity index (χ2v) is 6.98. The number of benzene rings is 1. The molecule has 0 aliphatic carbocycles. The maximum atomic E-state index is 13.4. The monoisotopic (exact) mass is 430 g/mol. The highest BCUT2D eigenvalue weighted by Crippen LogP contribution is 2.35. The summed E-state index contributed by atoms with van der Waals surface area (Å²) >= 11 is 0. The van der Waals surface area contributed by atoms with Crippen molar-refractivity contribution in [1.29, 1.82) is 0 Å². The van der Waals surface area contributed by atoms with E-state index in [0.717, 1.165) is 12.3 Å². The third kappa shape index (κ3) is 3.89. The van der Waals surface area contributed by atoms with Crippen LogP contribution in [-0.4, -0.2) is 25.3 Å². The topological polar surface area (TPSA) is 92.7 Å². The van der Waals surface area contributed by atoms with Crippen LogP contribution in [0.5, 0.6) is 0 Å². The van der Waals surface area contributed by atoms with Crippen molar-refractivity contribution in [2.75, 3.05) is 5.32 Å². The van der Waals surface area contributed by atoms with Gasteiger partial charge in [0.1, 0.15) is 5.69 Å². The number of aliphatic hydroxyl groups excluding tert-OH is 1. The van der Waals surface area contributed by atoms with E-state index in [0.29, 0.717) is 28.3 Å². The van der Waals surface area contributed by atoms with Gasteiger partial charge in [0, 0.05) is 30.6 Å². The molecule has 0 saturated heterocycles. The van der Waals surface area contributed by atoms with Crippen molar-refractivity contribution in [3.05, 3.63) is 65.6 Å². The van der Waals surface area contributed by atoms with Crippen molar-refractivity contribution < 1.29 is 27.5 Å². The smallest absolute Gasteiger partial charge is 0.417 e. The minimum Gasteiger partial charge on any atom is -0.443 e. The van der Waals surface area contributed by atoms with Gasteiger partial charge in [-0.1, -0.05) is 0 Å². The van der Waals surface area contributed by atoms with E-state index in [9.17, 15) is 23.1 Å². The summed E-state index contributed by atoms with van der Waals surface area (Å²) in [6.07, 6.45) is -1.15. The molecule has 0 saturated carbocycles. The molecule has 0 fully saturated rings. The van der Waals surface area contributed by atoms with Gasteiger partial charge in [-0.3, -0.25) is 4.79 Å². The molecule has 3 heterocycles. The Kier molecular flexibility index (Phi) is 5.02. The number of nitrogens with one attached hydrogen (secondary N) is 1. The van der Waals surface area contributed by atoms with Crippen LogP contribution in [0.25, 0.3) is 17.0 Å². The van der Waals surface area contributed by atoms with Crippen LogP contribution in [0.1, 0.15) is 34.2 Å². The number of halogens is 3. The Bertz CT molecular complexity index is 1290. The standard InChI is InChI=1S/C21H17F3N4O3/c1-11-19(31-10-25-11)16-4-3-15(5-13(16)9-29)26-17-6-14(21(22,23)24)7-28-8-18(12(2)30)27-20(17)28/h3-8,10,26,29H,9H2,1-2H3. The van der Waals surface area contributed by atoms with E-state index in [1.807, 2.05) is 0 Å². The molecule has 0 radical (unpaired) electrons. The maximum Gasteiger partial charge on any atom is 0.417 e. The van der Waals surface area contributed by atoms with Gasteiger partial charge in [0.15, 0.2) is 23.6 Å². The fraction of sp³-hybridized carbons (Fsp3) is 0.190. The molecule has 4 rings (SSSR count). The van der Waals surface area contributed by atoms with Gasteiger partial charge < -0.3 is 19.2 Å². The number of hydrogen-bond donors (Lipinski definition) is 2. The molecule has 0 atom stereocenters. The first-order valence-electron chi connectivity index (χ1n) is 9.19. The first-order valence-corrected chi connectivity index (χ1v) is 9.19. The zero-order valence-corrected chi connectivity index (χ0v) is 16.5. The number of alkyl halides is 3. The number of anilines is 2. The minimum absolute atomic E-state index is 0.0505. The molecule has 0 unspecified atom stereocenters. The van der Waals surface area contributed by atoms with E-state index in [-0.39, 0.29) is 29.4 Å². The van der Waals surface area contributed by atoms with Crippen LogP contribution in [0.4, 0.5) is 24.5 Å². The molecule has 0 spiro atoms. The largest absolute Gasteiger partial charge is 0.443 e. The zero-order valence-electron chi connectivity index (χ0n) is 16.5. The molecule has 2 N–H and O–H groups in total. The Hall–Kier alpha value is -3.66. The number of ketones is 1. The fourth-order valence-corrected chi connectivity index (χ4v) is 3.25. The van der Waals surface area contributed by atoms with Crippen LogP contribution in [0, 0.1) is 6.92 Å². The lowest BCUT2D eigenvalue weighted by Gasteiger charge is -2.14. The van der Waals surface area contributed by atoms with Crippen LogP contribution in [0.15, 0.2) is 47.5 Å². The maximum absolute atomic E-state index is 13.4. The summed E-state index contributed by atoms with van der Waals surface area (Å²) in [5.74, 6) is 0.133. The number of aliphatic hydroxyl groups is 1. The molecule has 4 aromatic rings. The Morgan fingerprint density at radius 2 is 2.03 bits per heavy atom. The fourth-order valence-electron chi connectivity index (χ4n) is 3.25. The Morgan fingerprint density at radius 1 is 1.26 bits per heavy atom. The van der Waals surface area contributed by atoms with Crippen LogP contribution in [0.2, 0.25) is 0 Å². The normalized spacial score (nSPS) is 11.8. The number of carbonyl (C=O) groups excluding carboxylic acids is 1. The zero-order chi connectivity index (χ0) is 22.3. The van der Waals surface area contributed by atoms with E-state index in [2.05, 4.69) is 15.3 Å². The number of imidazole rings is 1. The number of pyridine rings is 1. The number of aromatic nitrogens is 3. The van der Waals surface area contributed by atoms with Crippen molar-refractivity contribution in [1.82, 2.24) is 14.4 Å². The van der Waals surface area contributed by atoms with Crippen LogP contribution < -0.4 is 5.32 Å². The Morgan fingerprint density at radius 3 is 2.65 bits per heavy atom. The summed E-state index contributed by atoms with van der Waals surface area (Å²) in [7, 11) is 0. The highest BCUT2D eigenvalue weighted by atomic mass is 19.4. The number of nitrogens with zero attached hydrogens (tertiary/aromatic N) is 3. The summed E-state index contributed by atoms with van der Waals surface area (Å²) in [6.45, 7) is 2.73. The molecular weight excluding hydrogens is 413 g/mol. The summed E-state index contributed by atoms with van der Waals surface area (Å²) in [4.78, 5) is 19.9. The third-order valence-corrected chi connectivity index (χ3v) is 4.78. The van der Waals surface area contributed by atoms with Gasteiger partial charge in [0.25, 0.3) is 0 Å². The average Bonchev–Trinajstić information content (AvgIpc) is 3.33. The highest BCUT2D eigenvalue weighted by molar-refractivity contribution is 5.93. The first-order chi connectivity index (χ1) is 14.7. The Labute approximate surface area is 174 Å². The third-order valence-electron chi connectivity index (χ3n) is 4.78. The average molecular weight is 430 g/mol. The van der Waals surface area contributed by atoms with Gasteiger partial charge in [-0.2, -0.15) is 13.2 Å². The van der Waals surface area contributed by atoms with E-state index in [1.54, 1.807) is 25.1 Å². The summed E-state index contributed by atoms with van der Waals surface area (Å²) in [6, 6.07) is 5.85. The van der Waals surface area contributed by atoms with E-state index >= 15 is 0 Å². The van der Waals surface area contributed by atoms with Crippen LogP contribution >= 0.6 is 0 Å². The molecule has 0 bridgehead atoms. The first kappa shape index (κ1) is 20.6. The van der Waals surface area contributed by atoms with Crippen molar-refractivity contribution in [2.45, 2.75) is 26.6 Å². The number of aryl methyl sites for hydroxylation is 1. The second-order valence-electron chi connectivity index (χ2n) is 6.98. The molecule has 1 aromatic carbocycles. The number of Topliss-reactive ketones (excluding diaryl/α,β-unsaturated/α-hetero) is 1. The number of hydrogen-bond acceptors (Lipinski definition) is 6. The minimum atomic E-state index is -4.59. The van der Waals surface area contributed by atoms with Crippen molar-refractivity contribution >= 4 is 22.8 Å². The van der Waals surface area contributed by atoms with Crippen LogP contribution in [0.3, 0.4) is 0 Å². The number of carbonyl (C=O) groups is 1. The van der Waals surface area contributed by atoms with Crippen molar-refractivity contribution in [3.8, 4) is 11.3 Å². The SMILES string of the molecule is CC(=O)c1cn2cc(C(F)(F)F)cc(Nc3ccc(-c4ocnc4C)c(CO)c3)c2n1. The van der Waals surface area contributed by atoms with Gasteiger partial charge in [0.05, 0.1) is 23.6 Å². The van der Waals surface area contributed by atoms with Gasteiger partial charge in [-0.15, -0.1) is 0 Å². The molecule has 0 aliphatic heterocycles. The lowest BCUT2D eigenvalue weighted by Crippen LogP contribution is -2.08. The molecule has 31 heavy (non-hydrogen) atoms. The highest BCUT2D eigenvalue weighted by Gasteiger charge is 2.32. The quantitative estimate of drug-likeness (QED) is 0.444. The number of fused-ring (bicyclic) bond motifs is 1. The summed E-state index contributed by atoms with van der Waals surface area (Å²) in [5, 5.41) is 12.7. The predicted octanol–water partition coefficient (Wildman–Crippen LogP) is 4.76. The van der Waals surface area contributed by atoms with Crippen molar-refractivity contribution in [2.24, 2.45) is 0 Å². The second kappa shape index (κ2) is 7.55. The Balaban J connectivity index is 1.80. The lowest BCUT2D eigenvalue weighted by molar-refractivity contribution is -0.137. The van der Waals surface area contributed by atoms with E-state index in [4.69, 9.17) is 4.42 Å². The number of oxazole rings is 1. The molecule has 0 amide bonds. The van der Waals surface area contributed by atoms with Gasteiger partial charge >= 0.3 is 6.18 Å². The number of rotatable bonds is 5. The molecule has 3 aromatic heterocycles. The molecule has 160 valence electrons. The molecule has 10 heteroatoms. The summed E-state index contributed by atoms with van der Waals surface area (Å²) in [5.41, 5.74) is 1.58. The van der Waals surface area contributed by atoms with E-state index < -0.39 is 11.7 Å². The van der Waals surface area contributed by atoms with Crippen LogP contribution in [-0.2, 0) is 12.8 Å². The summed E-state index contributed by atoms with van der Waals surface area (Å²) < 4.78 is 46.7. The molecule has 0 aliphatic rings. The van der Waals surface area contributed by atoms with Crippen molar-refractivity contribution in [3.63, 3.8) is 0 Å². The molecule has 7 nitrogen and oxygen atoms in total. The van der Waals surface area contributed by atoms with E-state index in [1.165, 1.54) is 23.9 Å². The molecular formula is C21H17F3N4O3. The predicted molar refractivity (Wildman–Crippen MR) is 106 cm³/mol. The van der Waals surface area contributed by atoms with Gasteiger partial charge in [-0.25, -0.2) is 9.97 Å². The lowest BCUT2D eigenvalue weighted by atomic mass is 10.0. The van der Waals surface area contributed by atoms with Gasteiger partial charge in [0.2, 0.25) is 0 Å². The van der Waals surface area contributed by atoms with Gasteiger partial charge in [-0.05, 0) is 36.8 Å².